The van der Waals surface area contributed by atoms with Gasteiger partial charge < -0.3 is 24.5 Å². The zero-order valence-corrected chi connectivity index (χ0v) is 17.4. The van der Waals surface area contributed by atoms with E-state index in [0.717, 1.165) is 24.1 Å². The van der Waals surface area contributed by atoms with E-state index in [1.165, 1.54) is 6.92 Å². The fourth-order valence-electron chi connectivity index (χ4n) is 3.03. The van der Waals surface area contributed by atoms with Crippen LogP contribution in [0.4, 0.5) is 26.3 Å². The number of hydrogen-bond donors (Lipinski definition) is 1. The minimum atomic E-state index is -5.09. The first-order valence-electron chi connectivity index (χ1n) is 9.47. The number of rotatable bonds is 6. The lowest BCUT2D eigenvalue weighted by molar-refractivity contribution is -0.728. The summed E-state index contributed by atoms with van der Waals surface area (Å²) in [7, 11) is 0. The van der Waals surface area contributed by atoms with Gasteiger partial charge in [0.1, 0.15) is 30.7 Å². The van der Waals surface area contributed by atoms with Crippen LogP contribution in [0, 0.1) is 12.1 Å². The molecule has 3 rings (SSSR count). The Hall–Kier alpha value is -3.43. The van der Waals surface area contributed by atoms with E-state index in [9.17, 15) is 36.3 Å². The van der Waals surface area contributed by atoms with E-state index in [-0.39, 0.29) is 29.2 Å². The summed E-state index contributed by atoms with van der Waals surface area (Å²) in [6, 6.07) is 1.59. The maximum absolute atomic E-state index is 13.6. The van der Waals surface area contributed by atoms with Crippen LogP contribution in [-0.4, -0.2) is 65.2 Å². The number of β-amino-alcohol motifs (C(OH)–C–C–N with tert-alkyl or cyclic N) is 1. The zero-order valence-electron chi connectivity index (χ0n) is 17.4. The SMILES string of the molecule is Cc1cc(OC(F)(F)F)cc2c1O[C@H](C(F)(F)F)C(C(=O)OC(C)O/N=[N+](\[O-])N1CC(O)C1)=C2. The Balaban J connectivity index is 1.82. The third-order valence-electron chi connectivity index (χ3n) is 4.50. The van der Waals surface area contributed by atoms with E-state index in [2.05, 4.69) is 14.9 Å². The van der Waals surface area contributed by atoms with Crippen LogP contribution >= 0.6 is 0 Å². The number of carbonyl (C=O) groups is 1. The van der Waals surface area contributed by atoms with Crippen molar-refractivity contribution in [2.24, 2.45) is 5.28 Å². The molecular weight excluding hydrogens is 484 g/mol. The van der Waals surface area contributed by atoms with Crippen LogP contribution in [0.5, 0.6) is 11.5 Å². The molecule has 0 saturated carbocycles. The van der Waals surface area contributed by atoms with Gasteiger partial charge in [0.05, 0.1) is 10.5 Å². The molecule has 34 heavy (non-hydrogen) atoms. The lowest BCUT2D eigenvalue weighted by atomic mass is 9.99. The summed E-state index contributed by atoms with van der Waals surface area (Å²) < 4.78 is 91.7. The van der Waals surface area contributed by atoms with Crippen molar-refractivity contribution in [3.63, 3.8) is 0 Å². The maximum atomic E-state index is 13.6. The van der Waals surface area contributed by atoms with Gasteiger partial charge in [-0.15, -0.1) is 18.2 Å². The van der Waals surface area contributed by atoms with Gasteiger partial charge in [0.2, 0.25) is 11.4 Å². The molecule has 2 aliphatic rings. The number of hydrogen-bond acceptors (Lipinski definition) is 8. The summed E-state index contributed by atoms with van der Waals surface area (Å²) in [5.41, 5.74) is -1.47. The molecule has 2 atom stereocenters. The van der Waals surface area contributed by atoms with Gasteiger partial charge in [0.25, 0.3) is 6.29 Å². The summed E-state index contributed by atoms with van der Waals surface area (Å²) in [5, 5.41) is 24.8. The lowest BCUT2D eigenvalue weighted by Gasteiger charge is -2.30. The Bertz CT molecular complexity index is 1000. The Morgan fingerprint density at radius 3 is 2.50 bits per heavy atom. The molecule has 1 aromatic carbocycles. The molecule has 0 aromatic heterocycles. The summed E-state index contributed by atoms with van der Waals surface area (Å²) in [4.78, 5) is 17.0. The van der Waals surface area contributed by atoms with Crippen LogP contribution in [-0.2, 0) is 14.4 Å². The quantitative estimate of drug-likeness (QED) is 0.158. The van der Waals surface area contributed by atoms with Crippen LogP contribution in [0.3, 0.4) is 0 Å². The number of ether oxygens (including phenoxy) is 3. The van der Waals surface area contributed by atoms with Crippen LogP contribution in [0.2, 0.25) is 0 Å². The third-order valence-corrected chi connectivity index (χ3v) is 4.50. The van der Waals surface area contributed by atoms with Gasteiger partial charge in [-0.05, 0) is 30.7 Å². The van der Waals surface area contributed by atoms with Crippen LogP contribution in [0.25, 0.3) is 6.08 Å². The fourth-order valence-corrected chi connectivity index (χ4v) is 3.03. The molecule has 16 heteroatoms. The number of halogens is 6. The summed E-state index contributed by atoms with van der Waals surface area (Å²) in [5.74, 6) is -2.71. The van der Waals surface area contributed by atoms with Crippen LogP contribution in [0.15, 0.2) is 23.0 Å². The second kappa shape index (κ2) is 9.08. The number of hydrazine groups is 1. The normalized spacial score (nSPS) is 19.9. The van der Waals surface area contributed by atoms with E-state index >= 15 is 0 Å². The van der Waals surface area contributed by atoms with Gasteiger partial charge in [-0.2, -0.15) is 13.2 Å². The first kappa shape index (κ1) is 25.2. The number of benzene rings is 1. The Morgan fingerprint density at radius 1 is 1.29 bits per heavy atom. The first-order valence-corrected chi connectivity index (χ1v) is 9.47. The number of carbonyl (C=O) groups excluding carboxylic acids is 1. The Kier molecular flexibility index (Phi) is 6.73. The van der Waals surface area contributed by atoms with E-state index in [0.29, 0.717) is 6.08 Å². The summed E-state index contributed by atoms with van der Waals surface area (Å²) in [6.45, 7) is 2.21. The van der Waals surface area contributed by atoms with Crippen LogP contribution < -0.4 is 9.47 Å². The molecule has 0 amide bonds. The van der Waals surface area contributed by atoms with Gasteiger partial charge in [-0.1, -0.05) is 0 Å². The standard InChI is InChI=1S/C18H17F6N3O7/c1-8-3-12(33-18(22,23)24)4-10-5-13(15(17(19,20)21)32-14(8)10)16(29)31-9(2)34-25-27(30)26-6-11(28)7-26/h3-5,9,11,15,28H,6-7H2,1-2H3/b27-25-/t9?,15-/m0/s1. The Morgan fingerprint density at radius 2 is 1.94 bits per heavy atom. The number of alkyl halides is 6. The lowest BCUT2D eigenvalue weighted by Crippen LogP contribution is -2.53. The molecular formula is C18H17F6N3O7. The highest BCUT2D eigenvalue weighted by molar-refractivity contribution is 5.96. The van der Waals surface area contributed by atoms with Crippen molar-refractivity contribution in [3.8, 4) is 11.5 Å². The maximum Gasteiger partial charge on any atom is 0.573 e. The molecule has 10 nitrogen and oxygen atoms in total. The summed E-state index contributed by atoms with van der Waals surface area (Å²) in [6.07, 6.45) is -14.6. The number of fused-ring (bicyclic) bond motifs is 1. The average molecular weight is 501 g/mol. The van der Waals surface area contributed by atoms with Crippen molar-refractivity contribution in [2.45, 2.75) is 44.9 Å². The predicted molar refractivity (Wildman–Crippen MR) is 96.6 cm³/mol. The van der Waals surface area contributed by atoms with Gasteiger partial charge in [0.15, 0.2) is 0 Å². The molecule has 1 N–H and O–H groups in total. The predicted octanol–water partition coefficient (Wildman–Crippen LogP) is 2.98. The van der Waals surface area contributed by atoms with Gasteiger partial charge >= 0.3 is 18.5 Å². The molecule has 0 spiro atoms. The number of esters is 1. The smallest absolute Gasteiger partial charge is 0.569 e. The second-order valence-corrected chi connectivity index (χ2v) is 7.28. The minimum Gasteiger partial charge on any atom is -0.569 e. The van der Waals surface area contributed by atoms with E-state index < -0.39 is 54.1 Å². The molecule has 0 bridgehead atoms. The highest BCUT2D eigenvalue weighted by Crippen LogP contribution is 2.41. The second-order valence-electron chi connectivity index (χ2n) is 7.28. The van der Waals surface area contributed by atoms with Gasteiger partial charge in [-0.3, -0.25) is 4.84 Å². The van der Waals surface area contributed by atoms with E-state index in [4.69, 9.17) is 14.6 Å². The molecule has 2 aliphatic heterocycles. The third kappa shape index (κ3) is 5.92. The number of aryl methyl sites for hydroxylation is 1. The molecule has 0 radical (unpaired) electrons. The van der Waals surface area contributed by atoms with Crippen molar-refractivity contribution in [2.75, 3.05) is 13.1 Å². The van der Waals surface area contributed by atoms with Gasteiger partial charge in [-0.25, -0.2) is 4.79 Å². The van der Waals surface area contributed by atoms with Crippen molar-refractivity contribution < 1.29 is 60.3 Å². The van der Waals surface area contributed by atoms with Crippen LogP contribution in [0.1, 0.15) is 18.1 Å². The van der Waals surface area contributed by atoms with Crippen molar-refractivity contribution in [3.05, 3.63) is 34.0 Å². The van der Waals surface area contributed by atoms with E-state index in [1.807, 2.05) is 0 Å². The number of aliphatic hydroxyl groups is 1. The summed E-state index contributed by atoms with van der Waals surface area (Å²) >= 11 is 0. The molecule has 0 aliphatic carbocycles. The molecule has 2 heterocycles. The van der Waals surface area contributed by atoms with Crippen molar-refractivity contribution in [1.82, 2.24) is 5.01 Å². The Labute approximate surface area is 187 Å². The number of aliphatic hydroxyl groups excluding tert-OH is 1. The average Bonchev–Trinajstić information content (AvgIpc) is 2.66. The largest absolute Gasteiger partial charge is 0.573 e. The van der Waals surface area contributed by atoms with E-state index in [1.54, 1.807) is 0 Å². The zero-order chi connectivity index (χ0) is 25.4. The highest BCUT2D eigenvalue weighted by Gasteiger charge is 2.49. The van der Waals surface area contributed by atoms with Crippen molar-refractivity contribution in [1.29, 1.82) is 0 Å². The first-order chi connectivity index (χ1) is 15.6. The number of nitrogens with zero attached hydrogens (tertiary/aromatic N) is 3. The topological polar surface area (TPSA) is 116 Å². The van der Waals surface area contributed by atoms with Crippen molar-refractivity contribution >= 4 is 12.0 Å². The monoisotopic (exact) mass is 501 g/mol. The molecule has 188 valence electrons. The molecule has 1 saturated heterocycles. The molecule has 1 aromatic rings. The van der Waals surface area contributed by atoms with Gasteiger partial charge in [0, 0.05) is 12.5 Å². The highest BCUT2D eigenvalue weighted by atomic mass is 19.4. The minimum absolute atomic E-state index is 0.0269. The molecule has 1 fully saturated rings. The fraction of sp³-hybridized carbons (Fsp3) is 0.500. The molecule has 1 unspecified atom stereocenters.